The Balaban J connectivity index is 1.54. The lowest BCUT2D eigenvalue weighted by Crippen LogP contribution is -2.34. The summed E-state index contributed by atoms with van der Waals surface area (Å²) >= 11 is 0. The fourth-order valence-corrected chi connectivity index (χ4v) is 2.95. The normalized spacial score (nSPS) is 13.8. The van der Waals surface area contributed by atoms with Gasteiger partial charge in [0.25, 0.3) is 17.7 Å². The van der Waals surface area contributed by atoms with E-state index in [-0.39, 0.29) is 29.8 Å². The zero-order valence-corrected chi connectivity index (χ0v) is 16.2. The highest BCUT2D eigenvalue weighted by Crippen LogP contribution is 2.24. The van der Waals surface area contributed by atoms with Crippen LogP contribution < -0.4 is 5.32 Å². The van der Waals surface area contributed by atoms with E-state index in [1.807, 2.05) is 0 Å². The van der Waals surface area contributed by atoms with Crippen LogP contribution in [0.25, 0.3) is 0 Å². The summed E-state index contributed by atoms with van der Waals surface area (Å²) in [6.07, 6.45) is -1.62. The van der Waals surface area contributed by atoms with Gasteiger partial charge >= 0.3 is 5.97 Å². The van der Waals surface area contributed by atoms with Crippen molar-refractivity contribution in [1.82, 2.24) is 4.90 Å². The Morgan fingerprint density at radius 3 is 2.50 bits per heavy atom. The molecule has 9 heteroatoms. The third-order valence-corrected chi connectivity index (χ3v) is 4.53. The smallest absolute Gasteiger partial charge is 0.308 e. The van der Waals surface area contributed by atoms with Crippen molar-refractivity contribution in [2.24, 2.45) is 0 Å². The van der Waals surface area contributed by atoms with Crippen LogP contribution in [0.1, 0.15) is 39.6 Å². The van der Waals surface area contributed by atoms with Crippen molar-refractivity contribution in [3.8, 4) is 0 Å². The number of nitrogens with zero attached hydrogens (tertiary/aromatic N) is 1. The number of hydrogen-bond donors (Lipinski definition) is 1. The minimum absolute atomic E-state index is 0.211. The lowest BCUT2D eigenvalue weighted by atomic mass is 10.1. The zero-order chi connectivity index (χ0) is 22.0. The lowest BCUT2D eigenvalue weighted by molar-refractivity contribution is -0.153. The van der Waals surface area contributed by atoms with Crippen LogP contribution in [0, 0.1) is 18.6 Å². The number of aryl methyl sites for hydroxylation is 1. The van der Waals surface area contributed by atoms with Crippen LogP contribution in [0.2, 0.25) is 0 Å². The number of imide groups is 1. The van der Waals surface area contributed by atoms with Gasteiger partial charge in [-0.3, -0.25) is 24.1 Å². The van der Waals surface area contributed by atoms with Crippen LogP contribution >= 0.6 is 0 Å². The van der Waals surface area contributed by atoms with Gasteiger partial charge in [-0.2, -0.15) is 0 Å². The van der Waals surface area contributed by atoms with Gasteiger partial charge in [0.15, 0.2) is 6.10 Å². The third kappa shape index (κ3) is 4.35. The van der Waals surface area contributed by atoms with Crippen LogP contribution in [-0.4, -0.2) is 41.2 Å². The predicted molar refractivity (Wildman–Crippen MR) is 102 cm³/mol. The average molecular weight is 416 g/mol. The number of halogens is 2. The standard InChI is InChI=1S/C21H18F2N2O5/c1-11-3-5-14-15(9-11)21(29)25(20(14)28)8-7-18(26)30-12(2)19(27)24-17-10-13(22)4-6-16(17)23/h3-6,9-10,12H,7-8H2,1-2H3,(H,24,27). The Bertz CT molecular complexity index is 1050. The molecule has 0 saturated heterocycles. The molecule has 30 heavy (non-hydrogen) atoms. The monoisotopic (exact) mass is 416 g/mol. The molecule has 1 heterocycles. The van der Waals surface area contributed by atoms with E-state index in [4.69, 9.17) is 4.74 Å². The first-order valence-corrected chi connectivity index (χ1v) is 9.09. The molecule has 2 aromatic carbocycles. The van der Waals surface area contributed by atoms with Gasteiger partial charge in [0.2, 0.25) is 0 Å². The van der Waals surface area contributed by atoms with Crippen molar-refractivity contribution in [2.45, 2.75) is 26.4 Å². The summed E-state index contributed by atoms with van der Waals surface area (Å²) in [7, 11) is 0. The highest BCUT2D eigenvalue weighted by Gasteiger charge is 2.35. The molecular formula is C21H18F2N2O5. The molecule has 0 spiro atoms. The molecule has 3 amide bonds. The molecule has 1 N–H and O–H groups in total. The number of benzene rings is 2. The molecule has 3 rings (SSSR count). The number of carbonyl (C=O) groups excluding carboxylic acids is 4. The summed E-state index contributed by atoms with van der Waals surface area (Å²) in [6, 6.07) is 7.42. The minimum Gasteiger partial charge on any atom is -0.452 e. The highest BCUT2D eigenvalue weighted by molar-refractivity contribution is 6.21. The zero-order valence-electron chi connectivity index (χ0n) is 16.2. The Morgan fingerprint density at radius 1 is 1.07 bits per heavy atom. The topological polar surface area (TPSA) is 92.8 Å². The van der Waals surface area contributed by atoms with Crippen LogP contribution in [-0.2, 0) is 14.3 Å². The van der Waals surface area contributed by atoms with Gasteiger partial charge < -0.3 is 10.1 Å². The molecule has 7 nitrogen and oxygen atoms in total. The first-order valence-electron chi connectivity index (χ1n) is 9.09. The molecule has 1 unspecified atom stereocenters. The molecule has 156 valence electrons. The number of carbonyl (C=O) groups is 4. The van der Waals surface area contributed by atoms with Gasteiger partial charge in [0.05, 0.1) is 23.2 Å². The molecule has 1 aliphatic heterocycles. The Kier molecular flexibility index (Phi) is 5.91. The van der Waals surface area contributed by atoms with Gasteiger partial charge in [-0.1, -0.05) is 11.6 Å². The van der Waals surface area contributed by atoms with Crippen LogP contribution in [0.4, 0.5) is 14.5 Å². The molecule has 0 bridgehead atoms. The van der Waals surface area contributed by atoms with E-state index in [0.29, 0.717) is 0 Å². The number of esters is 1. The molecule has 0 saturated carbocycles. The molecule has 1 atom stereocenters. The van der Waals surface area contributed by atoms with Crippen molar-refractivity contribution < 1.29 is 32.7 Å². The largest absolute Gasteiger partial charge is 0.452 e. The van der Waals surface area contributed by atoms with E-state index in [2.05, 4.69) is 5.32 Å². The van der Waals surface area contributed by atoms with Gasteiger partial charge in [-0.15, -0.1) is 0 Å². The number of fused-ring (bicyclic) bond motifs is 1. The molecule has 0 aliphatic carbocycles. The number of amides is 3. The van der Waals surface area contributed by atoms with Crippen molar-refractivity contribution in [1.29, 1.82) is 0 Å². The van der Waals surface area contributed by atoms with E-state index >= 15 is 0 Å². The summed E-state index contributed by atoms with van der Waals surface area (Å²) < 4.78 is 31.7. The SMILES string of the molecule is Cc1ccc2c(c1)C(=O)N(CCC(=O)OC(C)C(=O)Nc1cc(F)ccc1F)C2=O. The van der Waals surface area contributed by atoms with E-state index in [1.165, 1.54) is 6.92 Å². The van der Waals surface area contributed by atoms with Crippen molar-refractivity contribution in [3.05, 3.63) is 64.7 Å². The predicted octanol–water partition coefficient (Wildman–Crippen LogP) is 2.83. The Labute approximate surface area is 170 Å². The number of nitrogens with one attached hydrogen (secondary N) is 1. The maximum absolute atomic E-state index is 13.6. The number of ether oxygens (including phenoxy) is 1. The molecule has 0 fully saturated rings. The second kappa shape index (κ2) is 8.40. The van der Waals surface area contributed by atoms with Crippen LogP contribution in [0.5, 0.6) is 0 Å². The van der Waals surface area contributed by atoms with Gasteiger partial charge in [-0.25, -0.2) is 8.78 Å². The first kappa shape index (κ1) is 21.1. The minimum atomic E-state index is -1.30. The molecular weight excluding hydrogens is 398 g/mol. The summed E-state index contributed by atoms with van der Waals surface area (Å²) in [6.45, 7) is 2.84. The molecule has 1 aliphatic rings. The van der Waals surface area contributed by atoms with Gasteiger partial charge in [0.1, 0.15) is 11.6 Å². The Morgan fingerprint density at radius 2 is 1.77 bits per heavy atom. The summed E-state index contributed by atoms with van der Waals surface area (Å²) in [5, 5.41) is 2.13. The number of anilines is 1. The second-order valence-electron chi connectivity index (χ2n) is 6.81. The van der Waals surface area contributed by atoms with Crippen molar-refractivity contribution >= 4 is 29.4 Å². The van der Waals surface area contributed by atoms with E-state index in [1.54, 1.807) is 25.1 Å². The average Bonchev–Trinajstić information content (AvgIpc) is 2.92. The molecule has 2 aromatic rings. The van der Waals surface area contributed by atoms with Crippen LogP contribution in [0.15, 0.2) is 36.4 Å². The highest BCUT2D eigenvalue weighted by atomic mass is 19.1. The summed E-state index contributed by atoms with van der Waals surface area (Å²) in [5.41, 5.74) is 0.983. The third-order valence-electron chi connectivity index (χ3n) is 4.53. The molecule has 0 aromatic heterocycles. The fourth-order valence-electron chi connectivity index (χ4n) is 2.95. The summed E-state index contributed by atoms with van der Waals surface area (Å²) in [5.74, 6) is -4.28. The van der Waals surface area contributed by atoms with Gasteiger partial charge in [-0.05, 0) is 38.1 Å². The molecule has 0 radical (unpaired) electrons. The van der Waals surface area contributed by atoms with Gasteiger partial charge in [0, 0.05) is 12.6 Å². The maximum atomic E-state index is 13.6. The quantitative estimate of drug-likeness (QED) is 0.578. The van der Waals surface area contributed by atoms with Crippen molar-refractivity contribution in [2.75, 3.05) is 11.9 Å². The Hall–Kier alpha value is -3.62. The number of hydrogen-bond acceptors (Lipinski definition) is 5. The maximum Gasteiger partial charge on any atom is 0.308 e. The number of rotatable bonds is 6. The van der Waals surface area contributed by atoms with E-state index in [0.717, 1.165) is 28.7 Å². The van der Waals surface area contributed by atoms with Crippen LogP contribution in [0.3, 0.4) is 0 Å². The van der Waals surface area contributed by atoms with E-state index in [9.17, 15) is 28.0 Å². The van der Waals surface area contributed by atoms with E-state index < -0.39 is 41.4 Å². The second-order valence-corrected chi connectivity index (χ2v) is 6.81. The van der Waals surface area contributed by atoms with Crippen molar-refractivity contribution in [3.63, 3.8) is 0 Å². The first-order chi connectivity index (χ1) is 14.2. The fraction of sp³-hybridized carbons (Fsp3) is 0.238. The summed E-state index contributed by atoms with van der Waals surface area (Å²) in [4.78, 5) is 49.8. The lowest BCUT2D eigenvalue weighted by Gasteiger charge is -2.16.